The van der Waals surface area contributed by atoms with Crippen LogP contribution in [0.4, 0.5) is 0 Å². The standard InChI is InChI=1S/C17H20BrNO/c1-17(2,3)13-5-4-6-15(10-13)20-16-8-7-14(18)9-12(16)11-19/h4-10H,11,19H2,1-3H3. The predicted octanol–water partition coefficient (Wildman–Crippen LogP) is 5.00. The molecule has 0 aliphatic heterocycles. The van der Waals surface area contributed by atoms with Crippen molar-refractivity contribution in [1.29, 1.82) is 0 Å². The van der Waals surface area contributed by atoms with Crippen molar-refractivity contribution in [2.24, 2.45) is 5.73 Å². The second-order valence-electron chi connectivity index (χ2n) is 5.84. The zero-order valence-electron chi connectivity index (χ0n) is 12.1. The monoisotopic (exact) mass is 333 g/mol. The maximum Gasteiger partial charge on any atom is 0.131 e. The molecule has 20 heavy (non-hydrogen) atoms. The van der Waals surface area contributed by atoms with E-state index in [-0.39, 0.29) is 5.41 Å². The predicted molar refractivity (Wildman–Crippen MR) is 87.2 cm³/mol. The van der Waals surface area contributed by atoms with Gasteiger partial charge in [0.05, 0.1) is 0 Å². The van der Waals surface area contributed by atoms with E-state index in [0.717, 1.165) is 21.5 Å². The first-order valence-corrected chi connectivity index (χ1v) is 7.46. The van der Waals surface area contributed by atoms with Crippen molar-refractivity contribution in [3.8, 4) is 11.5 Å². The largest absolute Gasteiger partial charge is 0.457 e. The Morgan fingerprint density at radius 3 is 2.50 bits per heavy atom. The number of ether oxygens (including phenoxy) is 1. The smallest absolute Gasteiger partial charge is 0.131 e. The molecule has 2 aromatic rings. The molecule has 2 nitrogen and oxygen atoms in total. The molecule has 0 fully saturated rings. The summed E-state index contributed by atoms with van der Waals surface area (Å²) in [5.41, 5.74) is 8.12. The van der Waals surface area contributed by atoms with Crippen LogP contribution in [0.3, 0.4) is 0 Å². The first kappa shape index (κ1) is 15.1. The Balaban J connectivity index is 2.31. The van der Waals surface area contributed by atoms with Gasteiger partial charge in [0.15, 0.2) is 0 Å². The molecule has 0 amide bonds. The molecule has 0 aliphatic rings. The van der Waals surface area contributed by atoms with E-state index in [1.165, 1.54) is 5.56 Å². The summed E-state index contributed by atoms with van der Waals surface area (Å²) in [6.07, 6.45) is 0. The van der Waals surface area contributed by atoms with E-state index in [9.17, 15) is 0 Å². The van der Waals surface area contributed by atoms with E-state index in [2.05, 4.69) is 48.8 Å². The molecule has 3 heteroatoms. The van der Waals surface area contributed by atoms with Gasteiger partial charge in [-0.25, -0.2) is 0 Å². The van der Waals surface area contributed by atoms with Crippen molar-refractivity contribution in [3.05, 3.63) is 58.1 Å². The normalized spacial score (nSPS) is 11.4. The molecule has 106 valence electrons. The summed E-state index contributed by atoms with van der Waals surface area (Å²) in [5, 5.41) is 0. The zero-order valence-corrected chi connectivity index (χ0v) is 13.7. The van der Waals surface area contributed by atoms with Crippen LogP contribution in [0.5, 0.6) is 11.5 Å². The Morgan fingerprint density at radius 1 is 1.10 bits per heavy atom. The molecular weight excluding hydrogens is 314 g/mol. The minimum atomic E-state index is 0.107. The van der Waals surface area contributed by atoms with Crippen LogP contribution in [0.2, 0.25) is 0 Å². The van der Waals surface area contributed by atoms with Crippen molar-refractivity contribution in [2.75, 3.05) is 0 Å². The van der Waals surface area contributed by atoms with Gasteiger partial charge in [-0.1, -0.05) is 48.8 Å². The number of benzene rings is 2. The van der Waals surface area contributed by atoms with Crippen molar-refractivity contribution < 1.29 is 4.74 Å². The molecule has 0 saturated heterocycles. The number of hydrogen-bond donors (Lipinski definition) is 1. The molecule has 0 unspecified atom stereocenters. The first-order valence-electron chi connectivity index (χ1n) is 6.67. The molecule has 0 aliphatic carbocycles. The molecule has 0 radical (unpaired) electrons. The van der Waals surface area contributed by atoms with Crippen molar-refractivity contribution in [2.45, 2.75) is 32.7 Å². The molecule has 0 saturated carbocycles. The molecule has 2 N–H and O–H groups in total. The van der Waals surface area contributed by atoms with Crippen molar-refractivity contribution in [1.82, 2.24) is 0 Å². The topological polar surface area (TPSA) is 35.2 Å². The van der Waals surface area contributed by atoms with Gasteiger partial charge in [0.1, 0.15) is 11.5 Å². The maximum atomic E-state index is 5.99. The fourth-order valence-corrected chi connectivity index (χ4v) is 2.37. The fraction of sp³-hybridized carbons (Fsp3) is 0.294. The highest BCUT2D eigenvalue weighted by molar-refractivity contribution is 9.10. The minimum Gasteiger partial charge on any atom is -0.457 e. The van der Waals surface area contributed by atoms with E-state index in [1.807, 2.05) is 30.3 Å². The summed E-state index contributed by atoms with van der Waals surface area (Å²) in [4.78, 5) is 0. The third-order valence-electron chi connectivity index (χ3n) is 3.17. The summed E-state index contributed by atoms with van der Waals surface area (Å²) in [7, 11) is 0. The Morgan fingerprint density at radius 2 is 1.85 bits per heavy atom. The summed E-state index contributed by atoms with van der Waals surface area (Å²) in [6.45, 7) is 7.03. The van der Waals surface area contributed by atoms with Crippen LogP contribution in [0, 0.1) is 0 Å². The SMILES string of the molecule is CC(C)(C)c1cccc(Oc2ccc(Br)cc2CN)c1. The molecule has 2 aromatic carbocycles. The third kappa shape index (κ3) is 3.62. The number of halogens is 1. The van der Waals surface area contributed by atoms with Crippen LogP contribution in [-0.2, 0) is 12.0 Å². The molecule has 0 bridgehead atoms. The van der Waals surface area contributed by atoms with Crippen LogP contribution in [0.25, 0.3) is 0 Å². The summed E-state index contributed by atoms with van der Waals surface area (Å²) >= 11 is 3.45. The lowest BCUT2D eigenvalue weighted by molar-refractivity contribution is 0.472. The molecule has 2 rings (SSSR count). The lowest BCUT2D eigenvalue weighted by Crippen LogP contribution is -2.10. The van der Waals surface area contributed by atoms with E-state index < -0.39 is 0 Å². The van der Waals surface area contributed by atoms with Crippen LogP contribution in [-0.4, -0.2) is 0 Å². The summed E-state index contributed by atoms with van der Waals surface area (Å²) < 4.78 is 7.00. The number of rotatable bonds is 3. The van der Waals surface area contributed by atoms with Gasteiger partial charge in [0.2, 0.25) is 0 Å². The van der Waals surface area contributed by atoms with Gasteiger partial charge in [-0.05, 0) is 41.3 Å². The van der Waals surface area contributed by atoms with Crippen LogP contribution >= 0.6 is 15.9 Å². The highest BCUT2D eigenvalue weighted by atomic mass is 79.9. The number of hydrogen-bond acceptors (Lipinski definition) is 2. The highest BCUT2D eigenvalue weighted by Gasteiger charge is 2.14. The van der Waals surface area contributed by atoms with E-state index in [1.54, 1.807) is 0 Å². The van der Waals surface area contributed by atoms with E-state index in [4.69, 9.17) is 10.5 Å². The van der Waals surface area contributed by atoms with Gasteiger partial charge < -0.3 is 10.5 Å². The first-order chi connectivity index (χ1) is 9.40. The second-order valence-corrected chi connectivity index (χ2v) is 6.75. The van der Waals surface area contributed by atoms with Gasteiger partial charge in [0.25, 0.3) is 0 Å². The Kier molecular flexibility index (Phi) is 4.51. The fourth-order valence-electron chi connectivity index (χ4n) is 1.96. The van der Waals surface area contributed by atoms with Gasteiger partial charge in [-0.3, -0.25) is 0 Å². The molecule has 0 heterocycles. The van der Waals surface area contributed by atoms with Crippen LogP contribution < -0.4 is 10.5 Å². The maximum absolute atomic E-state index is 5.99. The van der Waals surface area contributed by atoms with E-state index >= 15 is 0 Å². The quantitative estimate of drug-likeness (QED) is 0.857. The van der Waals surface area contributed by atoms with Crippen molar-refractivity contribution in [3.63, 3.8) is 0 Å². The number of nitrogens with two attached hydrogens (primary N) is 1. The summed E-state index contributed by atoms with van der Waals surface area (Å²) in [5.74, 6) is 1.65. The third-order valence-corrected chi connectivity index (χ3v) is 3.66. The average molecular weight is 334 g/mol. The Hall–Kier alpha value is -1.32. The van der Waals surface area contributed by atoms with Gasteiger partial charge in [-0.2, -0.15) is 0 Å². The highest BCUT2D eigenvalue weighted by Crippen LogP contribution is 2.31. The lowest BCUT2D eigenvalue weighted by Gasteiger charge is -2.20. The molecule has 0 atom stereocenters. The van der Waals surface area contributed by atoms with Crippen LogP contribution in [0.15, 0.2) is 46.9 Å². The second kappa shape index (κ2) is 5.98. The van der Waals surface area contributed by atoms with Gasteiger partial charge in [-0.15, -0.1) is 0 Å². The molecule has 0 spiro atoms. The van der Waals surface area contributed by atoms with Crippen molar-refractivity contribution >= 4 is 15.9 Å². The summed E-state index contributed by atoms with van der Waals surface area (Å²) in [6, 6.07) is 14.1. The van der Waals surface area contributed by atoms with Gasteiger partial charge >= 0.3 is 0 Å². The Labute approximate surface area is 129 Å². The van der Waals surface area contributed by atoms with Gasteiger partial charge in [0, 0.05) is 16.6 Å². The minimum absolute atomic E-state index is 0.107. The zero-order chi connectivity index (χ0) is 14.8. The average Bonchev–Trinajstić information content (AvgIpc) is 2.40. The lowest BCUT2D eigenvalue weighted by atomic mass is 9.87. The molecular formula is C17H20BrNO. The van der Waals surface area contributed by atoms with Crippen LogP contribution in [0.1, 0.15) is 31.9 Å². The Bertz CT molecular complexity index is 602. The molecule has 0 aromatic heterocycles. The van der Waals surface area contributed by atoms with E-state index in [0.29, 0.717) is 6.54 Å².